The van der Waals surface area contributed by atoms with Crippen molar-refractivity contribution in [2.75, 3.05) is 32.7 Å². The van der Waals surface area contributed by atoms with Crippen molar-refractivity contribution in [3.05, 3.63) is 0 Å². The maximum absolute atomic E-state index is 11.1. The summed E-state index contributed by atoms with van der Waals surface area (Å²) in [6.07, 6.45) is 3.25. The highest BCUT2D eigenvalue weighted by Gasteiger charge is 2.19. The maximum Gasteiger partial charge on any atom is 0.221 e. The number of amides is 1. The minimum atomic E-state index is 0.201. The number of hydrogen-bond acceptors (Lipinski definition) is 3. The van der Waals surface area contributed by atoms with E-state index in [0.29, 0.717) is 12.5 Å². The predicted molar refractivity (Wildman–Crippen MR) is 55.1 cm³/mol. The zero-order chi connectivity index (χ0) is 9.80. The molecule has 2 aliphatic heterocycles. The Bertz CT molecular complexity index is 202. The van der Waals surface area contributed by atoms with Crippen molar-refractivity contribution in [2.45, 2.75) is 25.3 Å². The van der Waals surface area contributed by atoms with Gasteiger partial charge in [-0.25, -0.2) is 0 Å². The summed E-state index contributed by atoms with van der Waals surface area (Å²) in [6.45, 7) is 5.00. The van der Waals surface area contributed by atoms with Gasteiger partial charge in [-0.3, -0.25) is 9.69 Å². The summed E-state index contributed by atoms with van der Waals surface area (Å²) in [6, 6.07) is 0.656. The predicted octanol–water partition coefficient (Wildman–Crippen LogP) is -0.440. The van der Waals surface area contributed by atoms with Crippen molar-refractivity contribution in [3.8, 4) is 0 Å². The van der Waals surface area contributed by atoms with Crippen molar-refractivity contribution in [1.82, 2.24) is 15.5 Å². The molecule has 0 saturated carbocycles. The molecule has 1 atom stereocenters. The van der Waals surface area contributed by atoms with Crippen LogP contribution in [0.3, 0.4) is 0 Å². The minimum Gasteiger partial charge on any atom is -0.355 e. The lowest BCUT2D eigenvalue weighted by Gasteiger charge is -2.22. The molecular formula is C10H19N3O. The molecule has 0 aromatic carbocycles. The van der Waals surface area contributed by atoms with E-state index in [4.69, 9.17) is 0 Å². The summed E-state index contributed by atoms with van der Waals surface area (Å²) in [7, 11) is 0. The highest BCUT2D eigenvalue weighted by molar-refractivity contribution is 5.76. The van der Waals surface area contributed by atoms with Crippen LogP contribution in [0.1, 0.15) is 19.3 Å². The molecule has 2 N–H and O–H groups in total. The van der Waals surface area contributed by atoms with Crippen LogP contribution in [0.2, 0.25) is 0 Å². The van der Waals surface area contributed by atoms with Gasteiger partial charge in [-0.05, 0) is 19.4 Å². The van der Waals surface area contributed by atoms with E-state index in [1.807, 2.05) is 0 Å². The molecule has 2 rings (SSSR count). The number of carbonyl (C=O) groups is 1. The molecule has 2 fully saturated rings. The van der Waals surface area contributed by atoms with E-state index < -0.39 is 0 Å². The van der Waals surface area contributed by atoms with Crippen LogP contribution in [0.5, 0.6) is 0 Å². The summed E-state index contributed by atoms with van der Waals surface area (Å²) >= 11 is 0. The van der Waals surface area contributed by atoms with Gasteiger partial charge in [0, 0.05) is 38.6 Å². The minimum absolute atomic E-state index is 0.201. The second-order valence-electron chi connectivity index (χ2n) is 4.19. The van der Waals surface area contributed by atoms with Gasteiger partial charge in [0.2, 0.25) is 5.91 Å². The van der Waals surface area contributed by atoms with Crippen molar-refractivity contribution >= 4 is 5.91 Å². The lowest BCUT2D eigenvalue weighted by molar-refractivity contribution is -0.120. The van der Waals surface area contributed by atoms with Gasteiger partial charge >= 0.3 is 0 Å². The Kier molecular flexibility index (Phi) is 3.37. The molecule has 0 radical (unpaired) electrons. The number of hydrogen-bond donors (Lipinski definition) is 2. The molecule has 0 bridgehead atoms. The van der Waals surface area contributed by atoms with E-state index in [-0.39, 0.29) is 5.91 Å². The highest BCUT2D eigenvalue weighted by Crippen LogP contribution is 2.07. The van der Waals surface area contributed by atoms with Crippen molar-refractivity contribution < 1.29 is 4.79 Å². The van der Waals surface area contributed by atoms with Gasteiger partial charge in [0.1, 0.15) is 0 Å². The highest BCUT2D eigenvalue weighted by atomic mass is 16.1. The van der Waals surface area contributed by atoms with Gasteiger partial charge in [-0.15, -0.1) is 0 Å². The third-order valence-electron chi connectivity index (χ3n) is 3.05. The topological polar surface area (TPSA) is 44.4 Å². The molecule has 0 aromatic heterocycles. The standard InChI is InChI=1S/C10H19N3O/c14-10-3-6-13(7-5-12-10)8-9-2-1-4-11-9/h9,11H,1-8H2,(H,12,14)/t9-/m0/s1. The van der Waals surface area contributed by atoms with Crippen LogP contribution >= 0.6 is 0 Å². The fraction of sp³-hybridized carbons (Fsp3) is 0.900. The molecule has 2 aliphatic rings. The molecule has 0 unspecified atom stereocenters. The lowest BCUT2D eigenvalue weighted by Crippen LogP contribution is -2.39. The number of nitrogens with one attached hydrogen (secondary N) is 2. The number of carbonyl (C=O) groups excluding carboxylic acids is 1. The molecule has 4 heteroatoms. The quantitative estimate of drug-likeness (QED) is 0.631. The fourth-order valence-corrected chi connectivity index (χ4v) is 2.22. The van der Waals surface area contributed by atoms with Crippen LogP contribution < -0.4 is 10.6 Å². The molecular weight excluding hydrogens is 178 g/mol. The van der Waals surface area contributed by atoms with Gasteiger partial charge in [-0.1, -0.05) is 0 Å². The summed E-state index contributed by atoms with van der Waals surface area (Å²) in [4.78, 5) is 13.5. The smallest absolute Gasteiger partial charge is 0.221 e. The third-order valence-corrected chi connectivity index (χ3v) is 3.05. The summed E-state index contributed by atoms with van der Waals surface area (Å²) in [5.41, 5.74) is 0. The van der Waals surface area contributed by atoms with E-state index in [1.165, 1.54) is 12.8 Å². The summed E-state index contributed by atoms with van der Waals surface area (Å²) in [5, 5.41) is 6.39. The largest absolute Gasteiger partial charge is 0.355 e. The van der Waals surface area contributed by atoms with Crippen LogP contribution in [0.4, 0.5) is 0 Å². The average Bonchev–Trinajstić information content (AvgIpc) is 2.58. The number of nitrogens with zero attached hydrogens (tertiary/aromatic N) is 1. The first-order chi connectivity index (χ1) is 6.84. The Morgan fingerprint density at radius 1 is 1.36 bits per heavy atom. The molecule has 0 aliphatic carbocycles. The summed E-state index contributed by atoms with van der Waals surface area (Å²) < 4.78 is 0. The molecule has 0 spiro atoms. The number of rotatable bonds is 2. The lowest BCUT2D eigenvalue weighted by atomic mass is 10.2. The van der Waals surface area contributed by atoms with E-state index in [9.17, 15) is 4.79 Å². The molecule has 0 aromatic rings. The second kappa shape index (κ2) is 4.75. The SMILES string of the molecule is O=C1CCN(C[C@@H]2CCCN2)CCN1. The van der Waals surface area contributed by atoms with Crippen LogP contribution in [-0.2, 0) is 4.79 Å². The first kappa shape index (κ1) is 9.93. The van der Waals surface area contributed by atoms with Crippen molar-refractivity contribution in [1.29, 1.82) is 0 Å². The molecule has 2 heterocycles. The maximum atomic E-state index is 11.1. The molecule has 2 saturated heterocycles. The zero-order valence-corrected chi connectivity index (χ0v) is 8.59. The van der Waals surface area contributed by atoms with E-state index in [2.05, 4.69) is 15.5 Å². The Labute approximate surface area is 85.0 Å². The zero-order valence-electron chi connectivity index (χ0n) is 8.59. The van der Waals surface area contributed by atoms with Gasteiger partial charge in [0.15, 0.2) is 0 Å². The first-order valence-corrected chi connectivity index (χ1v) is 5.57. The Morgan fingerprint density at radius 3 is 3.07 bits per heavy atom. The molecule has 14 heavy (non-hydrogen) atoms. The van der Waals surface area contributed by atoms with Crippen LogP contribution in [0, 0.1) is 0 Å². The first-order valence-electron chi connectivity index (χ1n) is 5.57. The normalized spacial score (nSPS) is 30.0. The summed E-state index contributed by atoms with van der Waals surface area (Å²) in [5.74, 6) is 0.201. The molecule has 80 valence electrons. The van der Waals surface area contributed by atoms with Crippen LogP contribution in [-0.4, -0.2) is 49.6 Å². The molecule has 1 amide bonds. The average molecular weight is 197 g/mol. The Hall–Kier alpha value is -0.610. The van der Waals surface area contributed by atoms with Gasteiger partial charge < -0.3 is 10.6 Å². The van der Waals surface area contributed by atoms with E-state index in [0.717, 1.165) is 32.7 Å². The van der Waals surface area contributed by atoms with Gasteiger partial charge in [0.25, 0.3) is 0 Å². The van der Waals surface area contributed by atoms with Gasteiger partial charge in [0.05, 0.1) is 0 Å². The van der Waals surface area contributed by atoms with E-state index >= 15 is 0 Å². The van der Waals surface area contributed by atoms with E-state index in [1.54, 1.807) is 0 Å². The fourth-order valence-electron chi connectivity index (χ4n) is 2.22. The molecule has 4 nitrogen and oxygen atoms in total. The van der Waals surface area contributed by atoms with Crippen LogP contribution in [0.25, 0.3) is 0 Å². The van der Waals surface area contributed by atoms with Crippen molar-refractivity contribution in [2.24, 2.45) is 0 Å². The Morgan fingerprint density at radius 2 is 2.29 bits per heavy atom. The van der Waals surface area contributed by atoms with Crippen LogP contribution in [0.15, 0.2) is 0 Å². The third kappa shape index (κ3) is 2.69. The monoisotopic (exact) mass is 197 g/mol. The second-order valence-corrected chi connectivity index (χ2v) is 4.19. The Balaban J connectivity index is 1.76. The van der Waals surface area contributed by atoms with Crippen molar-refractivity contribution in [3.63, 3.8) is 0 Å². The van der Waals surface area contributed by atoms with Gasteiger partial charge in [-0.2, -0.15) is 0 Å².